The SMILES string of the molecule is CS(=O)(=O)c1ccc(Cl)c(NC(=O)CSc2nnc(-c3ccccc3)o2)c1. The van der Waals surface area contributed by atoms with Crippen molar-refractivity contribution < 1.29 is 17.6 Å². The molecule has 1 heterocycles. The second-order valence-electron chi connectivity index (χ2n) is 5.49. The number of hydrogen-bond donors (Lipinski definition) is 1. The second-order valence-corrected chi connectivity index (χ2v) is 8.84. The number of amides is 1. The van der Waals surface area contributed by atoms with Gasteiger partial charge in [-0.3, -0.25) is 4.79 Å². The van der Waals surface area contributed by atoms with E-state index >= 15 is 0 Å². The average Bonchev–Trinajstić information content (AvgIpc) is 3.11. The first-order valence-electron chi connectivity index (χ1n) is 7.64. The van der Waals surface area contributed by atoms with Gasteiger partial charge >= 0.3 is 0 Å². The predicted octanol–water partition coefficient (Wildman–Crippen LogP) is 3.52. The Morgan fingerprint density at radius 1 is 1.19 bits per heavy atom. The first kappa shape index (κ1) is 19.4. The van der Waals surface area contributed by atoms with Crippen LogP contribution in [0.3, 0.4) is 0 Å². The first-order chi connectivity index (χ1) is 12.8. The highest BCUT2D eigenvalue weighted by atomic mass is 35.5. The summed E-state index contributed by atoms with van der Waals surface area (Å²) in [5.41, 5.74) is 1.01. The van der Waals surface area contributed by atoms with Gasteiger partial charge in [0.1, 0.15) is 0 Å². The van der Waals surface area contributed by atoms with E-state index in [1.807, 2.05) is 30.3 Å². The Morgan fingerprint density at radius 3 is 2.63 bits per heavy atom. The molecule has 0 spiro atoms. The minimum absolute atomic E-state index is 0.00411. The van der Waals surface area contributed by atoms with E-state index in [-0.39, 0.29) is 32.5 Å². The Morgan fingerprint density at radius 2 is 1.93 bits per heavy atom. The highest BCUT2D eigenvalue weighted by Gasteiger charge is 2.14. The lowest BCUT2D eigenvalue weighted by molar-refractivity contribution is -0.113. The van der Waals surface area contributed by atoms with Crippen LogP contribution in [0.25, 0.3) is 11.5 Å². The van der Waals surface area contributed by atoms with Crippen LogP contribution in [0.5, 0.6) is 0 Å². The Kier molecular flexibility index (Phi) is 5.83. The van der Waals surface area contributed by atoms with E-state index in [1.165, 1.54) is 18.2 Å². The van der Waals surface area contributed by atoms with Crippen molar-refractivity contribution in [2.24, 2.45) is 0 Å². The summed E-state index contributed by atoms with van der Waals surface area (Å²) in [4.78, 5) is 12.2. The Bertz CT molecular complexity index is 1070. The number of thioether (sulfide) groups is 1. The van der Waals surface area contributed by atoms with Crippen molar-refractivity contribution >= 4 is 44.8 Å². The van der Waals surface area contributed by atoms with Crippen LogP contribution in [0, 0.1) is 0 Å². The number of nitrogens with zero attached hydrogens (tertiary/aromatic N) is 2. The maximum atomic E-state index is 12.1. The highest BCUT2D eigenvalue weighted by Crippen LogP contribution is 2.26. The number of halogens is 1. The molecular formula is C17H14ClN3O4S2. The minimum Gasteiger partial charge on any atom is -0.411 e. The molecule has 0 fully saturated rings. The van der Waals surface area contributed by atoms with Gasteiger partial charge in [0.05, 0.1) is 21.4 Å². The molecule has 1 aromatic heterocycles. The van der Waals surface area contributed by atoms with Crippen LogP contribution in [0.2, 0.25) is 5.02 Å². The zero-order chi connectivity index (χ0) is 19.4. The molecule has 140 valence electrons. The maximum absolute atomic E-state index is 12.1. The monoisotopic (exact) mass is 423 g/mol. The molecule has 1 N–H and O–H groups in total. The third kappa shape index (κ3) is 5.09. The number of nitrogens with one attached hydrogen (secondary N) is 1. The van der Waals surface area contributed by atoms with Gasteiger partial charge in [0.25, 0.3) is 5.22 Å². The molecular weight excluding hydrogens is 410 g/mol. The quantitative estimate of drug-likeness (QED) is 0.605. The molecule has 27 heavy (non-hydrogen) atoms. The van der Waals surface area contributed by atoms with Crippen LogP contribution in [0.4, 0.5) is 5.69 Å². The Labute approximate surface area is 165 Å². The number of rotatable bonds is 6. The molecule has 0 aliphatic heterocycles. The molecule has 10 heteroatoms. The summed E-state index contributed by atoms with van der Waals surface area (Å²) >= 11 is 7.09. The van der Waals surface area contributed by atoms with E-state index in [0.29, 0.717) is 5.89 Å². The van der Waals surface area contributed by atoms with Crippen LogP contribution >= 0.6 is 23.4 Å². The summed E-state index contributed by atoms with van der Waals surface area (Å²) in [6.07, 6.45) is 1.08. The van der Waals surface area contributed by atoms with Crippen LogP contribution in [-0.2, 0) is 14.6 Å². The van der Waals surface area contributed by atoms with Crippen LogP contribution in [-0.4, -0.2) is 36.5 Å². The fraction of sp³-hybridized carbons (Fsp3) is 0.118. The lowest BCUT2D eigenvalue weighted by atomic mass is 10.2. The minimum atomic E-state index is -3.41. The van der Waals surface area contributed by atoms with Gasteiger partial charge in [-0.1, -0.05) is 41.6 Å². The van der Waals surface area contributed by atoms with Gasteiger partial charge in [0, 0.05) is 11.8 Å². The van der Waals surface area contributed by atoms with Crippen LogP contribution < -0.4 is 5.32 Å². The van der Waals surface area contributed by atoms with Crippen molar-refractivity contribution in [3.63, 3.8) is 0 Å². The Balaban J connectivity index is 1.63. The summed E-state index contributed by atoms with van der Waals surface area (Å²) in [6.45, 7) is 0. The number of sulfone groups is 1. The highest BCUT2D eigenvalue weighted by molar-refractivity contribution is 7.99. The fourth-order valence-corrected chi connectivity index (χ4v) is 3.48. The smallest absolute Gasteiger partial charge is 0.277 e. The van der Waals surface area contributed by atoms with E-state index in [2.05, 4.69) is 15.5 Å². The van der Waals surface area contributed by atoms with Crippen molar-refractivity contribution in [3.05, 3.63) is 53.6 Å². The number of carbonyl (C=O) groups excluding carboxylic acids is 1. The summed E-state index contributed by atoms with van der Waals surface area (Å²) in [6, 6.07) is 13.4. The van der Waals surface area contributed by atoms with E-state index in [0.717, 1.165) is 23.6 Å². The molecule has 3 aromatic rings. The number of carbonyl (C=O) groups is 1. The van der Waals surface area contributed by atoms with Crippen molar-refractivity contribution in [1.82, 2.24) is 10.2 Å². The zero-order valence-electron chi connectivity index (χ0n) is 14.0. The van der Waals surface area contributed by atoms with Gasteiger partial charge in [-0.2, -0.15) is 0 Å². The van der Waals surface area contributed by atoms with Gasteiger partial charge < -0.3 is 9.73 Å². The van der Waals surface area contributed by atoms with E-state index in [9.17, 15) is 13.2 Å². The second kappa shape index (κ2) is 8.12. The van der Waals surface area contributed by atoms with Crippen LogP contribution in [0.15, 0.2) is 63.1 Å². The third-order valence-corrected chi connectivity index (χ3v) is 5.65. The molecule has 7 nitrogen and oxygen atoms in total. The number of aromatic nitrogens is 2. The molecule has 0 radical (unpaired) electrons. The summed E-state index contributed by atoms with van der Waals surface area (Å²) < 4.78 is 28.8. The molecule has 0 saturated carbocycles. The number of hydrogen-bond acceptors (Lipinski definition) is 7. The standard InChI is InChI=1S/C17H14ClN3O4S2/c1-27(23,24)12-7-8-13(18)14(9-12)19-15(22)10-26-17-21-20-16(25-17)11-5-3-2-4-6-11/h2-9H,10H2,1H3,(H,19,22). The fourth-order valence-electron chi connectivity index (χ4n) is 2.11. The molecule has 3 rings (SSSR count). The third-order valence-electron chi connectivity index (χ3n) is 3.39. The number of benzene rings is 2. The topological polar surface area (TPSA) is 102 Å². The van der Waals surface area contributed by atoms with Gasteiger partial charge in [0.2, 0.25) is 11.8 Å². The lowest BCUT2D eigenvalue weighted by Gasteiger charge is -2.08. The van der Waals surface area contributed by atoms with Crippen molar-refractivity contribution in [2.45, 2.75) is 10.1 Å². The molecule has 0 bridgehead atoms. The molecule has 0 saturated heterocycles. The molecule has 0 aliphatic rings. The largest absolute Gasteiger partial charge is 0.411 e. The van der Waals surface area contributed by atoms with Gasteiger partial charge in [-0.15, -0.1) is 10.2 Å². The summed E-state index contributed by atoms with van der Waals surface area (Å²) in [7, 11) is -3.41. The van der Waals surface area contributed by atoms with E-state index in [4.69, 9.17) is 16.0 Å². The molecule has 1 amide bonds. The summed E-state index contributed by atoms with van der Waals surface area (Å²) in [5.74, 6) is -0.0232. The average molecular weight is 424 g/mol. The van der Waals surface area contributed by atoms with Crippen LogP contribution in [0.1, 0.15) is 0 Å². The molecule has 0 aliphatic carbocycles. The van der Waals surface area contributed by atoms with Gasteiger partial charge in [0.15, 0.2) is 9.84 Å². The summed E-state index contributed by atoms with van der Waals surface area (Å²) in [5, 5.41) is 10.9. The Hall–Kier alpha value is -2.36. The van der Waals surface area contributed by atoms with Gasteiger partial charge in [-0.05, 0) is 30.3 Å². The van der Waals surface area contributed by atoms with Crippen molar-refractivity contribution in [1.29, 1.82) is 0 Å². The predicted molar refractivity (Wildman–Crippen MR) is 104 cm³/mol. The van der Waals surface area contributed by atoms with Crippen molar-refractivity contribution in [2.75, 3.05) is 17.3 Å². The van der Waals surface area contributed by atoms with E-state index < -0.39 is 9.84 Å². The molecule has 0 unspecified atom stereocenters. The normalized spacial score (nSPS) is 11.3. The van der Waals surface area contributed by atoms with E-state index in [1.54, 1.807) is 0 Å². The first-order valence-corrected chi connectivity index (χ1v) is 10.9. The lowest BCUT2D eigenvalue weighted by Crippen LogP contribution is -2.14. The molecule has 0 atom stereocenters. The van der Waals surface area contributed by atoms with Crippen molar-refractivity contribution in [3.8, 4) is 11.5 Å². The maximum Gasteiger partial charge on any atom is 0.277 e. The molecule has 2 aromatic carbocycles. The van der Waals surface area contributed by atoms with Gasteiger partial charge in [-0.25, -0.2) is 8.42 Å². The zero-order valence-corrected chi connectivity index (χ0v) is 16.4. The number of anilines is 1.